The lowest BCUT2D eigenvalue weighted by molar-refractivity contribution is 0.184. The number of fused-ring (bicyclic) bond motifs is 1. The quantitative estimate of drug-likeness (QED) is 0.554. The number of aromatic nitrogens is 4. The maximum absolute atomic E-state index is 6.15. The molecule has 1 fully saturated rings. The van der Waals surface area contributed by atoms with Crippen LogP contribution in [0.25, 0.3) is 11.2 Å². The zero-order valence-electron chi connectivity index (χ0n) is 18.3. The second kappa shape index (κ2) is 10.6. The normalized spacial score (nSPS) is 15.8. The third-order valence-corrected chi connectivity index (χ3v) is 5.98. The van der Waals surface area contributed by atoms with Gasteiger partial charge in [0.25, 0.3) is 6.01 Å². The van der Waals surface area contributed by atoms with E-state index < -0.39 is 0 Å². The summed E-state index contributed by atoms with van der Waals surface area (Å²) in [6.07, 6.45) is 8.45. The van der Waals surface area contributed by atoms with Gasteiger partial charge in [0.2, 0.25) is 5.95 Å². The predicted molar refractivity (Wildman–Crippen MR) is 118 cm³/mol. The van der Waals surface area contributed by atoms with Gasteiger partial charge in [0.15, 0.2) is 17.0 Å². The number of nitrogens with one attached hydrogen (secondary N) is 1. The summed E-state index contributed by atoms with van der Waals surface area (Å²) in [5.74, 6) is 1.83. The molecule has 0 aromatic carbocycles. The summed E-state index contributed by atoms with van der Waals surface area (Å²) in [6, 6.07) is 0.558. The Balaban J connectivity index is 1.61. The Hall–Kier alpha value is -2.09. The van der Waals surface area contributed by atoms with Crippen LogP contribution in [0.4, 0.5) is 11.8 Å². The Morgan fingerprint density at radius 3 is 2.59 bits per heavy atom. The highest BCUT2D eigenvalue weighted by atomic mass is 16.5. The first-order chi connectivity index (χ1) is 14.2. The molecule has 0 radical (unpaired) electrons. The number of hydrogen-bond donors (Lipinski definition) is 2. The van der Waals surface area contributed by atoms with E-state index in [0.29, 0.717) is 23.3 Å². The Morgan fingerprint density at radius 2 is 1.90 bits per heavy atom. The SMILES string of the molecule is CCCCNc1nc(N)c2nc(OC)n(CCCCC3CCN(CC)CC3)c2n1. The molecule has 0 spiro atoms. The fourth-order valence-electron chi connectivity index (χ4n) is 4.11. The van der Waals surface area contributed by atoms with Crippen molar-refractivity contribution in [2.75, 3.05) is 44.3 Å². The van der Waals surface area contributed by atoms with Crippen LogP contribution in [0, 0.1) is 5.92 Å². The number of likely N-dealkylation sites (tertiary alicyclic amines) is 1. The summed E-state index contributed by atoms with van der Waals surface area (Å²) in [5, 5.41) is 3.26. The van der Waals surface area contributed by atoms with E-state index in [0.717, 1.165) is 43.9 Å². The van der Waals surface area contributed by atoms with Gasteiger partial charge in [-0.2, -0.15) is 15.0 Å². The Kier molecular flexibility index (Phi) is 7.91. The molecule has 3 rings (SSSR count). The van der Waals surface area contributed by atoms with Gasteiger partial charge in [0.05, 0.1) is 7.11 Å². The Bertz CT molecular complexity index is 768. The molecule has 0 unspecified atom stereocenters. The molecule has 8 heteroatoms. The smallest absolute Gasteiger partial charge is 0.298 e. The summed E-state index contributed by atoms with van der Waals surface area (Å²) < 4.78 is 7.54. The van der Waals surface area contributed by atoms with E-state index in [9.17, 15) is 0 Å². The van der Waals surface area contributed by atoms with E-state index in [-0.39, 0.29) is 0 Å². The van der Waals surface area contributed by atoms with Crippen LogP contribution in [0.2, 0.25) is 0 Å². The molecular formula is C21H37N7O. The standard InChI is InChI=1S/C21H37N7O/c1-4-6-12-23-20-25-18(22)17-19(26-20)28(21(24-17)29-3)13-8-7-9-16-10-14-27(5-2)15-11-16/h16H,4-15H2,1-3H3,(H3,22,23,25,26). The van der Waals surface area contributed by atoms with Crippen LogP contribution in [-0.2, 0) is 6.54 Å². The molecule has 0 aliphatic carbocycles. The lowest BCUT2D eigenvalue weighted by atomic mass is 9.91. The van der Waals surface area contributed by atoms with Gasteiger partial charge in [0.1, 0.15) is 0 Å². The second-order valence-corrected chi connectivity index (χ2v) is 8.01. The molecule has 1 saturated heterocycles. The van der Waals surface area contributed by atoms with Gasteiger partial charge >= 0.3 is 0 Å². The first-order valence-electron chi connectivity index (χ1n) is 11.2. The van der Waals surface area contributed by atoms with E-state index in [1.807, 2.05) is 4.57 Å². The van der Waals surface area contributed by atoms with Crippen molar-refractivity contribution in [1.82, 2.24) is 24.4 Å². The third-order valence-electron chi connectivity index (χ3n) is 5.98. The van der Waals surface area contributed by atoms with Crippen molar-refractivity contribution in [1.29, 1.82) is 0 Å². The minimum Gasteiger partial charge on any atom is -0.468 e. The molecule has 162 valence electrons. The third kappa shape index (κ3) is 5.50. The monoisotopic (exact) mass is 403 g/mol. The summed E-state index contributed by atoms with van der Waals surface area (Å²) >= 11 is 0. The number of methoxy groups -OCH3 is 1. The topological polar surface area (TPSA) is 94.1 Å². The highest BCUT2D eigenvalue weighted by Gasteiger charge is 2.19. The Labute approximate surface area is 174 Å². The zero-order valence-corrected chi connectivity index (χ0v) is 18.3. The fraction of sp³-hybridized carbons (Fsp3) is 0.762. The molecule has 29 heavy (non-hydrogen) atoms. The predicted octanol–water partition coefficient (Wildman–Crippen LogP) is 3.53. The van der Waals surface area contributed by atoms with Gasteiger partial charge in [0, 0.05) is 13.1 Å². The van der Waals surface area contributed by atoms with Crippen LogP contribution in [0.3, 0.4) is 0 Å². The maximum Gasteiger partial charge on any atom is 0.298 e. The molecule has 3 N–H and O–H groups in total. The minimum absolute atomic E-state index is 0.397. The number of aryl methyl sites for hydroxylation is 1. The van der Waals surface area contributed by atoms with Gasteiger partial charge < -0.3 is 20.7 Å². The summed E-state index contributed by atoms with van der Waals surface area (Å²) in [6.45, 7) is 9.77. The van der Waals surface area contributed by atoms with Crippen molar-refractivity contribution in [3.05, 3.63) is 0 Å². The molecule has 2 aromatic heterocycles. The number of unbranched alkanes of at least 4 members (excludes halogenated alkanes) is 2. The van der Waals surface area contributed by atoms with Crippen molar-refractivity contribution in [3.63, 3.8) is 0 Å². The Morgan fingerprint density at radius 1 is 1.10 bits per heavy atom. The van der Waals surface area contributed by atoms with E-state index >= 15 is 0 Å². The summed E-state index contributed by atoms with van der Waals surface area (Å²) in [4.78, 5) is 16.1. The number of anilines is 2. The number of rotatable bonds is 11. The average molecular weight is 404 g/mol. The molecule has 1 aliphatic heterocycles. The van der Waals surface area contributed by atoms with E-state index in [1.54, 1.807) is 7.11 Å². The van der Waals surface area contributed by atoms with Gasteiger partial charge in [-0.05, 0) is 51.2 Å². The number of nitrogen functional groups attached to an aromatic ring is 1. The largest absolute Gasteiger partial charge is 0.468 e. The molecule has 0 atom stereocenters. The summed E-state index contributed by atoms with van der Waals surface area (Å²) in [7, 11) is 1.64. The molecular weight excluding hydrogens is 366 g/mol. The lowest BCUT2D eigenvalue weighted by Gasteiger charge is -2.31. The van der Waals surface area contributed by atoms with Crippen molar-refractivity contribution < 1.29 is 4.74 Å². The number of hydrogen-bond acceptors (Lipinski definition) is 7. The molecule has 1 aliphatic rings. The van der Waals surface area contributed by atoms with Crippen LogP contribution in [0.15, 0.2) is 0 Å². The van der Waals surface area contributed by atoms with Crippen molar-refractivity contribution >= 4 is 22.9 Å². The number of imidazole rings is 1. The zero-order chi connectivity index (χ0) is 20.6. The summed E-state index contributed by atoms with van der Waals surface area (Å²) in [5.41, 5.74) is 7.52. The number of ether oxygens (including phenoxy) is 1. The van der Waals surface area contributed by atoms with Gasteiger partial charge in [-0.1, -0.05) is 33.1 Å². The average Bonchev–Trinajstić information content (AvgIpc) is 3.10. The number of piperidine rings is 1. The van der Waals surface area contributed by atoms with E-state index in [4.69, 9.17) is 10.5 Å². The highest BCUT2D eigenvalue weighted by molar-refractivity contribution is 5.84. The van der Waals surface area contributed by atoms with E-state index in [2.05, 4.69) is 39.0 Å². The van der Waals surface area contributed by atoms with Gasteiger partial charge in [-0.25, -0.2) is 0 Å². The lowest BCUT2D eigenvalue weighted by Crippen LogP contribution is -2.33. The highest BCUT2D eigenvalue weighted by Crippen LogP contribution is 2.26. The minimum atomic E-state index is 0.397. The van der Waals surface area contributed by atoms with Crippen LogP contribution in [-0.4, -0.2) is 57.7 Å². The first-order valence-corrected chi connectivity index (χ1v) is 11.2. The molecule has 0 saturated carbocycles. The number of nitrogens with two attached hydrogens (primary N) is 1. The van der Waals surface area contributed by atoms with Crippen molar-refractivity contribution in [2.24, 2.45) is 5.92 Å². The second-order valence-electron chi connectivity index (χ2n) is 8.01. The molecule has 0 bridgehead atoms. The van der Waals surface area contributed by atoms with Crippen LogP contribution in [0.1, 0.15) is 58.8 Å². The van der Waals surface area contributed by atoms with Crippen LogP contribution >= 0.6 is 0 Å². The number of nitrogens with zero attached hydrogens (tertiary/aromatic N) is 5. The fourth-order valence-corrected chi connectivity index (χ4v) is 4.11. The van der Waals surface area contributed by atoms with Crippen LogP contribution < -0.4 is 15.8 Å². The van der Waals surface area contributed by atoms with Crippen molar-refractivity contribution in [3.8, 4) is 6.01 Å². The molecule has 8 nitrogen and oxygen atoms in total. The molecule has 3 heterocycles. The molecule has 0 amide bonds. The van der Waals surface area contributed by atoms with E-state index in [1.165, 1.54) is 45.3 Å². The molecule has 2 aromatic rings. The maximum atomic E-state index is 6.15. The van der Waals surface area contributed by atoms with Crippen molar-refractivity contribution in [2.45, 2.75) is 65.3 Å². The first kappa shape index (κ1) is 21.6. The van der Waals surface area contributed by atoms with Crippen LogP contribution in [0.5, 0.6) is 6.01 Å². The van der Waals surface area contributed by atoms with Gasteiger partial charge in [-0.3, -0.25) is 4.57 Å². The van der Waals surface area contributed by atoms with Gasteiger partial charge in [-0.15, -0.1) is 0 Å².